The topological polar surface area (TPSA) is 47.6 Å². The molecule has 5 heteroatoms. The first-order chi connectivity index (χ1) is 10.2. The van der Waals surface area contributed by atoms with Gasteiger partial charge in [-0.2, -0.15) is 0 Å². The Bertz CT molecular complexity index is 712. The Morgan fingerprint density at radius 2 is 2.00 bits per heavy atom. The molecule has 3 rings (SSSR count). The fraction of sp³-hybridized carbons (Fsp3) is 0.0625. The van der Waals surface area contributed by atoms with E-state index in [0.29, 0.717) is 16.5 Å². The van der Waals surface area contributed by atoms with Gasteiger partial charge in [-0.15, -0.1) is 0 Å². The van der Waals surface area contributed by atoms with E-state index >= 15 is 0 Å². The normalized spacial score (nSPS) is 12.6. The third kappa shape index (κ3) is 3.35. The van der Waals surface area contributed by atoms with E-state index in [1.807, 2.05) is 18.2 Å². The van der Waals surface area contributed by atoms with Gasteiger partial charge < -0.3 is 14.8 Å². The predicted octanol–water partition coefficient (Wildman–Crippen LogP) is 3.72. The van der Waals surface area contributed by atoms with Gasteiger partial charge in [0.25, 0.3) is 0 Å². The summed E-state index contributed by atoms with van der Waals surface area (Å²) in [4.78, 5) is 11.8. The van der Waals surface area contributed by atoms with E-state index in [9.17, 15) is 4.79 Å². The third-order valence-electron chi connectivity index (χ3n) is 2.92. The van der Waals surface area contributed by atoms with Gasteiger partial charge in [-0.1, -0.05) is 23.7 Å². The van der Waals surface area contributed by atoms with E-state index in [1.165, 1.54) is 6.08 Å². The number of carbonyl (C=O) groups excluding carboxylic acids is 1. The molecule has 0 bridgehead atoms. The quantitative estimate of drug-likeness (QED) is 0.879. The first-order valence-corrected chi connectivity index (χ1v) is 6.73. The van der Waals surface area contributed by atoms with Crippen molar-refractivity contribution in [2.24, 2.45) is 0 Å². The van der Waals surface area contributed by atoms with E-state index in [0.717, 1.165) is 11.3 Å². The number of fused-ring (bicyclic) bond motifs is 1. The summed E-state index contributed by atoms with van der Waals surface area (Å²) in [6, 6.07) is 12.5. The van der Waals surface area contributed by atoms with Crippen LogP contribution >= 0.6 is 11.6 Å². The highest BCUT2D eigenvalue weighted by atomic mass is 35.5. The molecule has 4 nitrogen and oxygen atoms in total. The summed E-state index contributed by atoms with van der Waals surface area (Å²) in [6.07, 6.45) is 3.17. The van der Waals surface area contributed by atoms with E-state index in [2.05, 4.69) is 5.32 Å². The second kappa shape index (κ2) is 5.89. The van der Waals surface area contributed by atoms with Crippen molar-refractivity contribution in [1.29, 1.82) is 0 Å². The molecule has 0 aromatic heterocycles. The molecule has 0 unspecified atom stereocenters. The van der Waals surface area contributed by atoms with Gasteiger partial charge in [-0.25, -0.2) is 0 Å². The van der Waals surface area contributed by atoms with Gasteiger partial charge in [0.2, 0.25) is 12.7 Å². The number of rotatable bonds is 3. The fourth-order valence-electron chi connectivity index (χ4n) is 1.94. The summed E-state index contributed by atoms with van der Waals surface area (Å²) in [6.45, 7) is 0.234. The van der Waals surface area contributed by atoms with Crippen LogP contribution in [0.2, 0.25) is 5.02 Å². The molecule has 1 heterocycles. The van der Waals surface area contributed by atoms with Crippen LogP contribution in [0.15, 0.2) is 48.5 Å². The summed E-state index contributed by atoms with van der Waals surface area (Å²) >= 11 is 5.86. The second-order valence-electron chi connectivity index (χ2n) is 4.45. The molecule has 1 amide bonds. The molecule has 1 N–H and O–H groups in total. The Hall–Kier alpha value is -2.46. The molecule has 21 heavy (non-hydrogen) atoms. The molecule has 1 aliphatic heterocycles. The summed E-state index contributed by atoms with van der Waals surface area (Å²) in [7, 11) is 0. The maximum absolute atomic E-state index is 11.8. The molecule has 1 aliphatic rings. The van der Waals surface area contributed by atoms with Crippen LogP contribution < -0.4 is 14.8 Å². The largest absolute Gasteiger partial charge is 0.454 e. The van der Waals surface area contributed by atoms with Crippen molar-refractivity contribution in [1.82, 2.24) is 0 Å². The molecule has 2 aromatic rings. The number of halogens is 1. The molecule has 0 saturated carbocycles. The van der Waals surface area contributed by atoms with Crippen molar-refractivity contribution in [3.8, 4) is 11.5 Å². The zero-order valence-corrected chi connectivity index (χ0v) is 11.8. The summed E-state index contributed by atoms with van der Waals surface area (Å²) in [5.74, 6) is 1.18. The van der Waals surface area contributed by atoms with E-state index in [4.69, 9.17) is 21.1 Å². The summed E-state index contributed by atoms with van der Waals surface area (Å²) in [5, 5.41) is 3.32. The lowest BCUT2D eigenvalue weighted by Crippen LogP contribution is -2.07. The van der Waals surface area contributed by atoms with E-state index < -0.39 is 0 Å². The highest BCUT2D eigenvalue weighted by Crippen LogP contribution is 2.32. The Labute approximate surface area is 126 Å². The zero-order chi connectivity index (χ0) is 14.7. The van der Waals surface area contributed by atoms with Gasteiger partial charge >= 0.3 is 0 Å². The Kier molecular flexibility index (Phi) is 3.79. The number of carbonyl (C=O) groups is 1. The van der Waals surface area contributed by atoms with Gasteiger partial charge in [0.15, 0.2) is 11.5 Å². The monoisotopic (exact) mass is 301 g/mol. The highest BCUT2D eigenvalue weighted by molar-refractivity contribution is 6.30. The van der Waals surface area contributed by atoms with Crippen LogP contribution in [0.1, 0.15) is 5.56 Å². The van der Waals surface area contributed by atoms with Crippen molar-refractivity contribution in [2.75, 3.05) is 12.1 Å². The molecule has 0 radical (unpaired) electrons. The van der Waals surface area contributed by atoms with Gasteiger partial charge in [0.05, 0.1) is 0 Å². The maximum atomic E-state index is 11.8. The molecular weight excluding hydrogens is 290 g/mol. The van der Waals surface area contributed by atoms with Crippen molar-refractivity contribution in [3.05, 3.63) is 59.1 Å². The Balaban J connectivity index is 1.67. The minimum absolute atomic E-state index is 0.227. The fourth-order valence-corrected chi connectivity index (χ4v) is 2.13. The number of nitrogens with one attached hydrogen (secondary N) is 1. The molecule has 0 saturated heterocycles. The average molecular weight is 302 g/mol. The maximum Gasteiger partial charge on any atom is 0.248 e. The second-order valence-corrected chi connectivity index (χ2v) is 4.88. The molecule has 0 spiro atoms. The van der Waals surface area contributed by atoms with Gasteiger partial charge in [0.1, 0.15) is 0 Å². The highest BCUT2D eigenvalue weighted by Gasteiger charge is 2.12. The molecule has 0 aliphatic carbocycles. The summed E-state index contributed by atoms with van der Waals surface area (Å²) < 4.78 is 10.5. The van der Waals surface area contributed by atoms with E-state index in [1.54, 1.807) is 30.3 Å². The number of benzene rings is 2. The summed E-state index contributed by atoms with van der Waals surface area (Å²) in [5.41, 5.74) is 1.52. The van der Waals surface area contributed by atoms with Crippen molar-refractivity contribution in [3.63, 3.8) is 0 Å². The average Bonchev–Trinajstić information content (AvgIpc) is 2.92. The van der Waals surface area contributed by atoms with Crippen molar-refractivity contribution in [2.45, 2.75) is 0 Å². The molecule has 0 fully saturated rings. The number of anilines is 1. The predicted molar refractivity (Wildman–Crippen MR) is 81.7 cm³/mol. The van der Waals surface area contributed by atoms with Crippen LogP contribution in [0.3, 0.4) is 0 Å². The zero-order valence-electron chi connectivity index (χ0n) is 11.0. The lowest BCUT2D eigenvalue weighted by molar-refractivity contribution is -0.111. The molecular formula is C16H12ClNO3. The van der Waals surface area contributed by atoms with Gasteiger partial charge in [-0.3, -0.25) is 4.79 Å². The van der Waals surface area contributed by atoms with Crippen LogP contribution in [0.4, 0.5) is 5.69 Å². The van der Waals surface area contributed by atoms with Crippen molar-refractivity contribution >= 4 is 29.3 Å². The number of ether oxygens (including phenoxy) is 2. The van der Waals surface area contributed by atoms with Crippen LogP contribution in [-0.2, 0) is 4.79 Å². The number of hydrogen-bond donors (Lipinski definition) is 1. The third-order valence-corrected chi connectivity index (χ3v) is 3.15. The van der Waals surface area contributed by atoms with Crippen LogP contribution in [-0.4, -0.2) is 12.7 Å². The smallest absolute Gasteiger partial charge is 0.248 e. The standard InChI is InChI=1S/C16H12ClNO3/c17-12-2-1-3-13(9-12)18-16(19)7-5-11-4-6-14-15(8-11)21-10-20-14/h1-9H,10H2,(H,18,19). The minimum Gasteiger partial charge on any atom is -0.454 e. The Morgan fingerprint density at radius 1 is 1.14 bits per heavy atom. The molecule has 0 atom stereocenters. The SMILES string of the molecule is O=C(C=Cc1ccc2c(c1)OCO2)Nc1cccc(Cl)c1. The Morgan fingerprint density at radius 3 is 2.86 bits per heavy atom. The number of amides is 1. The van der Waals surface area contributed by atoms with Crippen LogP contribution in [0, 0.1) is 0 Å². The van der Waals surface area contributed by atoms with Gasteiger partial charge in [0, 0.05) is 16.8 Å². The van der Waals surface area contributed by atoms with Crippen LogP contribution in [0.5, 0.6) is 11.5 Å². The lowest BCUT2D eigenvalue weighted by atomic mass is 10.2. The number of hydrogen-bond acceptors (Lipinski definition) is 3. The minimum atomic E-state index is -0.227. The first kappa shape index (κ1) is 13.5. The molecule has 106 valence electrons. The first-order valence-electron chi connectivity index (χ1n) is 6.35. The lowest BCUT2D eigenvalue weighted by Gasteiger charge is -2.02. The molecule has 2 aromatic carbocycles. The van der Waals surface area contributed by atoms with Crippen LogP contribution in [0.25, 0.3) is 6.08 Å². The van der Waals surface area contributed by atoms with E-state index in [-0.39, 0.29) is 12.7 Å². The van der Waals surface area contributed by atoms with Crippen molar-refractivity contribution < 1.29 is 14.3 Å². The van der Waals surface area contributed by atoms with Gasteiger partial charge in [-0.05, 0) is 42.0 Å².